The Hall–Kier alpha value is -2.04. The summed E-state index contributed by atoms with van der Waals surface area (Å²) in [6, 6.07) is 8.52. The number of rotatable bonds is 6. The first kappa shape index (κ1) is 17.3. The van der Waals surface area contributed by atoms with E-state index in [2.05, 4.69) is 27.9 Å². The van der Waals surface area contributed by atoms with Crippen molar-refractivity contribution in [1.29, 1.82) is 0 Å². The van der Waals surface area contributed by atoms with Gasteiger partial charge >= 0.3 is 0 Å². The summed E-state index contributed by atoms with van der Waals surface area (Å²) in [7, 11) is 0. The lowest BCUT2D eigenvalue weighted by molar-refractivity contribution is -0.114. The lowest BCUT2D eigenvalue weighted by Gasteiger charge is -2.16. The van der Waals surface area contributed by atoms with Crippen molar-refractivity contribution in [2.45, 2.75) is 52.0 Å². The predicted molar refractivity (Wildman–Crippen MR) is 95.8 cm³/mol. The van der Waals surface area contributed by atoms with Crippen LogP contribution in [0.5, 0.6) is 0 Å². The Morgan fingerprint density at radius 1 is 1.22 bits per heavy atom. The number of carbonyl (C=O) groups excluding carboxylic acids is 1. The first-order valence-electron chi connectivity index (χ1n) is 8.58. The zero-order chi connectivity index (χ0) is 16.5. The summed E-state index contributed by atoms with van der Waals surface area (Å²) in [5, 5.41) is 9.62. The van der Waals surface area contributed by atoms with Gasteiger partial charge in [-0.05, 0) is 43.9 Å². The molecule has 2 rings (SSSR count). The van der Waals surface area contributed by atoms with Crippen LogP contribution in [0.3, 0.4) is 0 Å². The van der Waals surface area contributed by atoms with E-state index in [0.29, 0.717) is 6.04 Å². The van der Waals surface area contributed by atoms with E-state index < -0.39 is 0 Å². The maximum absolute atomic E-state index is 11.0. The molecule has 1 aromatic carbocycles. The van der Waals surface area contributed by atoms with Gasteiger partial charge in [-0.15, -0.1) is 0 Å². The van der Waals surface area contributed by atoms with Gasteiger partial charge in [-0.1, -0.05) is 25.0 Å². The normalized spacial score (nSPS) is 15.5. The molecule has 0 bridgehead atoms. The van der Waals surface area contributed by atoms with E-state index in [0.717, 1.165) is 31.2 Å². The second-order valence-electron chi connectivity index (χ2n) is 6.01. The lowest BCUT2D eigenvalue weighted by atomic mass is 10.1. The number of hydrogen-bond acceptors (Lipinski definition) is 2. The minimum absolute atomic E-state index is 0.0457. The Bertz CT molecular complexity index is 518. The largest absolute Gasteiger partial charge is 0.357 e. The van der Waals surface area contributed by atoms with E-state index >= 15 is 0 Å². The van der Waals surface area contributed by atoms with Gasteiger partial charge in [0.15, 0.2) is 5.96 Å². The van der Waals surface area contributed by atoms with Crippen molar-refractivity contribution in [3.8, 4) is 0 Å². The smallest absolute Gasteiger partial charge is 0.221 e. The van der Waals surface area contributed by atoms with Gasteiger partial charge in [-0.25, -0.2) is 0 Å². The van der Waals surface area contributed by atoms with Gasteiger partial charge in [0.05, 0.1) is 0 Å². The molecule has 126 valence electrons. The molecule has 1 saturated carbocycles. The second kappa shape index (κ2) is 9.18. The Morgan fingerprint density at radius 3 is 2.52 bits per heavy atom. The Labute approximate surface area is 139 Å². The van der Waals surface area contributed by atoms with Gasteiger partial charge < -0.3 is 16.0 Å². The van der Waals surface area contributed by atoms with Gasteiger partial charge in [0, 0.05) is 31.7 Å². The van der Waals surface area contributed by atoms with Gasteiger partial charge in [0.1, 0.15) is 0 Å². The van der Waals surface area contributed by atoms with Crippen molar-refractivity contribution >= 4 is 17.6 Å². The van der Waals surface area contributed by atoms with Crippen LogP contribution in [0.2, 0.25) is 0 Å². The van der Waals surface area contributed by atoms with Crippen molar-refractivity contribution in [3.63, 3.8) is 0 Å². The van der Waals surface area contributed by atoms with Gasteiger partial charge in [-0.2, -0.15) is 0 Å². The molecule has 1 aromatic rings. The maximum atomic E-state index is 11.0. The number of benzene rings is 1. The summed E-state index contributed by atoms with van der Waals surface area (Å²) < 4.78 is 0. The monoisotopic (exact) mass is 316 g/mol. The maximum Gasteiger partial charge on any atom is 0.221 e. The Kier molecular flexibility index (Phi) is 6.91. The van der Waals surface area contributed by atoms with Crippen molar-refractivity contribution in [2.24, 2.45) is 4.99 Å². The first-order chi connectivity index (χ1) is 11.2. The van der Waals surface area contributed by atoms with Crippen LogP contribution < -0.4 is 16.0 Å². The molecule has 0 saturated heterocycles. The molecule has 1 amide bonds. The molecule has 1 aliphatic rings. The number of nitrogens with one attached hydrogen (secondary N) is 3. The quantitative estimate of drug-likeness (QED) is 0.558. The SMILES string of the molecule is CCNC(=NCCc1ccc(NC(C)=O)cc1)NC1CCCC1. The van der Waals surface area contributed by atoms with Gasteiger partial charge in [0.25, 0.3) is 0 Å². The number of amides is 1. The zero-order valence-electron chi connectivity index (χ0n) is 14.2. The third kappa shape index (κ3) is 6.30. The summed E-state index contributed by atoms with van der Waals surface area (Å²) in [6.07, 6.45) is 6.01. The zero-order valence-corrected chi connectivity index (χ0v) is 14.2. The first-order valence-corrected chi connectivity index (χ1v) is 8.58. The van der Waals surface area contributed by atoms with E-state index in [1.165, 1.54) is 38.2 Å². The number of aliphatic imine (C=N–C) groups is 1. The molecular weight excluding hydrogens is 288 g/mol. The fourth-order valence-corrected chi connectivity index (χ4v) is 2.84. The van der Waals surface area contributed by atoms with Gasteiger partial charge in [-0.3, -0.25) is 9.79 Å². The standard InChI is InChI=1S/C18H28N4O/c1-3-19-18(22-16-6-4-5-7-16)20-13-12-15-8-10-17(11-9-15)21-14(2)23/h8-11,16H,3-7,12-13H2,1-2H3,(H,21,23)(H2,19,20,22). The topological polar surface area (TPSA) is 65.5 Å². The number of guanidine groups is 1. The number of hydrogen-bond donors (Lipinski definition) is 3. The minimum atomic E-state index is -0.0457. The summed E-state index contributed by atoms with van der Waals surface area (Å²) in [5.74, 6) is 0.880. The van der Waals surface area contributed by atoms with E-state index in [9.17, 15) is 4.79 Å². The van der Waals surface area contributed by atoms with Crippen LogP contribution in [-0.4, -0.2) is 31.0 Å². The van der Waals surface area contributed by atoms with E-state index in [4.69, 9.17) is 0 Å². The van der Waals surface area contributed by atoms with E-state index in [-0.39, 0.29) is 5.91 Å². The van der Waals surface area contributed by atoms with Crippen molar-refractivity contribution in [1.82, 2.24) is 10.6 Å². The van der Waals surface area contributed by atoms with E-state index in [1.807, 2.05) is 24.3 Å². The predicted octanol–water partition coefficient (Wildman–Crippen LogP) is 2.69. The molecule has 1 fully saturated rings. The summed E-state index contributed by atoms with van der Waals surface area (Å²) in [6.45, 7) is 5.24. The fraction of sp³-hybridized carbons (Fsp3) is 0.556. The average molecular weight is 316 g/mol. The average Bonchev–Trinajstić information content (AvgIpc) is 3.01. The van der Waals surface area contributed by atoms with Crippen LogP contribution in [0.4, 0.5) is 5.69 Å². The molecule has 1 aliphatic carbocycles. The van der Waals surface area contributed by atoms with Crippen LogP contribution in [0.15, 0.2) is 29.3 Å². The van der Waals surface area contributed by atoms with Crippen LogP contribution in [0, 0.1) is 0 Å². The molecule has 0 spiro atoms. The highest BCUT2D eigenvalue weighted by atomic mass is 16.1. The molecule has 0 radical (unpaired) electrons. The van der Waals surface area contributed by atoms with Gasteiger partial charge in [0.2, 0.25) is 5.91 Å². The summed E-state index contributed by atoms with van der Waals surface area (Å²) >= 11 is 0. The van der Waals surface area contributed by atoms with E-state index in [1.54, 1.807) is 0 Å². The lowest BCUT2D eigenvalue weighted by Crippen LogP contribution is -2.42. The molecule has 0 unspecified atom stereocenters. The molecular formula is C18H28N4O. The highest BCUT2D eigenvalue weighted by Crippen LogP contribution is 2.17. The Morgan fingerprint density at radius 2 is 1.91 bits per heavy atom. The second-order valence-corrected chi connectivity index (χ2v) is 6.01. The number of nitrogens with zero attached hydrogens (tertiary/aromatic N) is 1. The van der Waals surface area contributed by atoms with Crippen LogP contribution in [0.1, 0.15) is 45.1 Å². The molecule has 23 heavy (non-hydrogen) atoms. The summed E-state index contributed by atoms with van der Waals surface area (Å²) in [5.41, 5.74) is 2.06. The molecule has 0 atom stereocenters. The highest BCUT2D eigenvalue weighted by Gasteiger charge is 2.15. The molecule has 0 aliphatic heterocycles. The molecule has 3 N–H and O–H groups in total. The fourth-order valence-electron chi connectivity index (χ4n) is 2.84. The molecule has 0 aromatic heterocycles. The van der Waals surface area contributed by atoms with Crippen LogP contribution >= 0.6 is 0 Å². The van der Waals surface area contributed by atoms with Crippen molar-refractivity contribution in [3.05, 3.63) is 29.8 Å². The minimum Gasteiger partial charge on any atom is -0.357 e. The third-order valence-electron chi connectivity index (χ3n) is 3.98. The van der Waals surface area contributed by atoms with Crippen LogP contribution in [-0.2, 0) is 11.2 Å². The third-order valence-corrected chi connectivity index (χ3v) is 3.98. The Balaban J connectivity index is 1.83. The molecule has 5 heteroatoms. The summed E-state index contributed by atoms with van der Waals surface area (Å²) in [4.78, 5) is 15.7. The number of carbonyl (C=O) groups is 1. The number of anilines is 1. The molecule has 5 nitrogen and oxygen atoms in total. The molecule has 0 heterocycles. The highest BCUT2D eigenvalue weighted by molar-refractivity contribution is 5.88. The van der Waals surface area contributed by atoms with Crippen molar-refractivity contribution < 1.29 is 4.79 Å². The van der Waals surface area contributed by atoms with Crippen molar-refractivity contribution in [2.75, 3.05) is 18.4 Å². The van der Waals surface area contributed by atoms with Crippen LogP contribution in [0.25, 0.3) is 0 Å².